The minimum Gasteiger partial charge on any atom is -1.00 e. The van der Waals surface area contributed by atoms with E-state index in [0.29, 0.717) is 0 Å². The van der Waals surface area contributed by atoms with Crippen molar-refractivity contribution in [3.05, 3.63) is 0 Å². The van der Waals surface area contributed by atoms with Crippen molar-refractivity contribution in [2.75, 3.05) is 13.2 Å². The molecule has 0 aromatic heterocycles. The maximum Gasteiger partial charge on any atom is 2.00 e. The first-order valence-corrected chi connectivity index (χ1v) is 2.32. The van der Waals surface area contributed by atoms with Gasteiger partial charge in [-0.15, -0.1) is 0 Å². The van der Waals surface area contributed by atoms with Gasteiger partial charge >= 0.3 is 29.2 Å². The molecule has 6 heteroatoms. The second-order valence-corrected chi connectivity index (χ2v) is 1.37. The van der Waals surface area contributed by atoms with Gasteiger partial charge in [0.15, 0.2) is 6.10 Å². The average Bonchev–Trinajstić information content (AvgIpc) is 1.82. The Morgan fingerprint density at radius 2 is 1.90 bits per heavy atom. The molecular weight excluding hydrogens is 152 g/mol. The van der Waals surface area contributed by atoms with Crippen molar-refractivity contribution in [3.63, 3.8) is 0 Å². The van der Waals surface area contributed by atoms with Crippen molar-refractivity contribution in [1.82, 2.24) is 0 Å². The molecule has 0 radical (unpaired) electrons. The summed E-state index contributed by atoms with van der Waals surface area (Å²) in [4.78, 5) is 9.68. The fourth-order valence-corrected chi connectivity index (χ4v) is 0.275. The molecule has 0 aliphatic rings. The molecule has 0 amide bonds. The molecule has 58 valence electrons. The van der Waals surface area contributed by atoms with Crippen molar-refractivity contribution in [1.29, 1.82) is 0 Å². The number of hydrogen-bond donors (Lipinski definition) is 3. The zero-order valence-corrected chi connectivity index (χ0v) is 6.77. The third kappa shape index (κ3) is 6.08. The summed E-state index contributed by atoms with van der Waals surface area (Å²) in [6.07, 6.45) is -2.51. The van der Waals surface area contributed by atoms with E-state index in [1.54, 1.807) is 0 Å². The average molecular weight is 162 g/mol. The van der Waals surface area contributed by atoms with E-state index < -0.39 is 25.5 Å². The maximum atomic E-state index is 9.68. The normalized spacial score (nSPS) is 8.70. The Morgan fingerprint density at radius 1 is 1.50 bits per heavy atom. The smallest absolute Gasteiger partial charge is 1.00 e. The van der Waals surface area contributed by atoms with Gasteiger partial charge in [0.25, 0.3) is 0 Å². The number of carboxylic acid groups (broad SMARTS) is 1. The third-order valence-corrected chi connectivity index (χ3v) is 0.675. The summed E-state index contributed by atoms with van der Waals surface area (Å²) in [5, 5.41) is 24.4. The van der Waals surface area contributed by atoms with Crippen LogP contribution < -0.4 is 0 Å². The first-order valence-electron chi connectivity index (χ1n) is 2.32. The second kappa shape index (κ2) is 7.07. The van der Waals surface area contributed by atoms with E-state index >= 15 is 0 Å². The fraction of sp³-hybridized carbons (Fsp3) is 0.750. The molecular formula is C4H10MgO5. The maximum absolute atomic E-state index is 9.68. The van der Waals surface area contributed by atoms with E-state index in [2.05, 4.69) is 4.74 Å². The number of carbonyl (C=O) groups is 1. The number of aliphatic hydroxyl groups is 2. The standard InChI is InChI=1S/C4H8O5.Mg.2H/c5-1-3(2-6)9-4(7)8;;;/h3,5-6H,1-2H2,(H,7,8);;;/q;+2;2*-1. The van der Waals surface area contributed by atoms with Crippen LogP contribution in [0.5, 0.6) is 0 Å². The van der Waals surface area contributed by atoms with E-state index in [9.17, 15) is 4.79 Å². The quantitative estimate of drug-likeness (QED) is 0.361. The van der Waals surface area contributed by atoms with Gasteiger partial charge in [-0.1, -0.05) is 0 Å². The number of aliphatic hydroxyl groups excluding tert-OH is 2. The molecule has 0 atom stereocenters. The van der Waals surface area contributed by atoms with Crippen LogP contribution in [0.25, 0.3) is 0 Å². The van der Waals surface area contributed by atoms with Crippen LogP contribution in [0.15, 0.2) is 0 Å². The predicted molar refractivity (Wildman–Crippen MR) is 35.0 cm³/mol. The van der Waals surface area contributed by atoms with Crippen LogP contribution in [0.1, 0.15) is 2.85 Å². The van der Waals surface area contributed by atoms with Crippen molar-refractivity contribution in [2.24, 2.45) is 0 Å². The van der Waals surface area contributed by atoms with Gasteiger partial charge in [-0.3, -0.25) is 0 Å². The van der Waals surface area contributed by atoms with Crippen LogP contribution in [-0.4, -0.2) is 63.8 Å². The van der Waals surface area contributed by atoms with Crippen LogP contribution in [0, 0.1) is 0 Å². The molecule has 0 fully saturated rings. The van der Waals surface area contributed by atoms with Crippen LogP contribution in [0.3, 0.4) is 0 Å². The van der Waals surface area contributed by atoms with E-state index in [1.807, 2.05) is 0 Å². The Labute approximate surface area is 76.7 Å². The summed E-state index contributed by atoms with van der Waals surface area (Å²) in [5.41, 5.74) is 0. The first-order chi connectivity index (χ1) is 4.20. The molecule has 0 bridgehead atoms. The largest absolute Gasteiger partial charge is 2.00 e. The number of hydrogen-bond acceptors (Lipinski definition) is 4. The Bertz CT molecular complexity index is 99.4. The fourth-order valence-electron chi connectivity index (χ4n) is 0.275. The van der Waals surface area contributed by atoms with Crippen molar-refractivity contribution in [3.8, 4) is 0 Å². The third-order valence-electron chi connectivity index (χ3n) is 0.675. The van der Waals surface area contributed by atoms with Gasteiger partial charge in [0.1, 0.15) is 0 Å². The molecule has 0 saturated carbocycles. The van der Waals surface area contributed by atoms with Gasteiger partial charge in [-0.2, -0.15) is 0 Å². The second-order valence-electron chi connectivity index (χ2n) is 1.37. The van der Waals surface area contributed by atoms with E-state index in [-0.39, 0.29) is 25.9 Å². The van der Waals surface area contributed by atoms with Gasteiger partial charge in [-0.05, 0) is 0 Å². The molecule has 0 aromatic rings. The Kier molecular flexibility index (Phi) is 8.92. The molecule has 3 N–H and O–H groups in total. The van der Waals surface area contributed by atoms with Gasteiger partial charge in [-0.25, -0.2) is 4.79 Å². The molecule has 0 unspecified atom stereocenters. The monoisotopic (exact) mass is 162 g/mol. The minimum absolute atomic E-state index is 0. The Hall–Kier alpha value is -0.0438. The molecule has 0 aromatic carbocycles. The van der Waals surface area contributed by atoms with Crippen molar-refractivity contribution < 1.29 is 27.7 Å². The summed E-state index contributed by atoms with van der Waals surface area (Å²) in [5.74, 6) is 0. The van der Waals surface area contributed by atoms with Gasteiger partial charge in [0.05, 0.1) is 13.2 Å². The van der Waals surface area contributed by atoms with Gasteiger partial charge < -0.3 is 22.9 Å². The molecule has 10 heavy (non-hydrogen) atoms. The SMILES string of the molecule is O=C(O)OC(CO)CO.[H-].[H-].[Mg+2]. The van der Waals surface area contributed by atoms with Gasteiger partial charge in [0.2, 0.25) is 0 Å². The summed E-state index contributed by atoms with van der Waals surface area (Å²) in [6.45, 7) is -0.994. The molecule has 0 aliphatic carbocycles. The molecule has 0 saturated heterocycles. The van der Waals surface area contributed by atoms with Crippen LogP contribution in [-0.2, 0) is 4.74 Å². The Morgan fingerprint density at radius 3 is 2.00 bits per heavy atom. The summed E-state index contributed by atoms with van der Waals surface area (Å²) >= 11 is 0. The van der Waals surface area contributed by atoms with E-state index in [0.717, 1.165) is 0 Å². The molecule has 0 rings (SSSR count). The number of ether oxygens (including phenoxy) is 1. The predicted octanol–water partition coefficient (Wildman–Crippen LogP) is -1.12. The van der Waals surface area contributed by atoms with Crippen LogP contribution in [0.2, 0.25) is 0 Å². The molecule has 0 aliphatic heterocycles. The zero-order valence-electron chi connectivity index (χ0n) is 7.36. The minimum atomic E-state index is -1.50. The van der Waals surface area contributed by atoms with Gasteiger partial charge in [0, 0.05) is 0 Å². The molecule has 0 spiro atoms. The van der Waals surface area contributed by atoms with Crippen molar-refractivity contribution >= 4 is 29.2 Å². The summed E-state index contributed by atoms with van der Waals surface area (Å²) < 4.78 is 3.97. The van der Waals surface area contributed by atoms with E-state index in [4.69, 9.17) is 15.3 Å². The van der Waals surface area contributed by atoms with Crippen LogP contribution >= 0.6 is 0 Å². The molecule has 0 heterocycles. The summed E-state index contributed by atoms with van der Waals surface area (Å²) in [6, 6.07) is 0. The van der Waals surface area contributed by atoms with Crippen LogP contribution in [0.4, 0.5) is 4.79 Å². The zero-order chi connectivity index (χ0) is 7.28. The first kappa shape index (κ1) is 12.6. The van der Waals surface area contributed by atoms with E-state index in [1.165, 1.54) is 0 Å². The Balaban J connectivity index is -0.000000107. The number of rotatable bonds is 3. The van der Waals surface area contributed by atoms with Crippen molar-refractivity contribution in [2.45, 2.75) is 6.10 Å². The topological polar surface area (TPSA) is 87.0 Å². The molecule has 5 nitrogen and oxygen atoms in total. The summed E-state index contributed by atoms with van der Waals surface area (Å²) in [7, 11) is 0.